The lowest BCUT2D eigenvalue weighted by molar-refractivity contribution is -0.143. The monoisotopic (exact) mass is 825 g/mol. The minimum Gasteiger partial charge on any atom is -0.347 e. The van der Waals surface area contributed by atoms with Crippen LogP contribution in [0, 0.1) is 25.7 Å². The summed E-state index contributed by atoms with van der Waals surface area (Å²) < 4.78 is 0. The number of anilines is 4. The van der Waals surface area contributed by atoms with Crippen LogP contribution in [-0.4, -0.2) is 112 Å². The van der Waals surface area contributed by atoms with Crippen molar-refractivity contribution in [1.82, 2.24) is 40.7 Å². The van der Waals surface area contributed by atoms with Crippen LogP contribution in [0.5, 0.6) is 0 Å². The number of nitrogens with one attached hydrogen (secondary N) is 4. The van der Waals surface area contributed by atoms with Crippen LogP contribution < -0.4 is 31.1 Å². The molecule has 7 amide bonds. The maximum Gasteiger partial charge on any atom is 0.330 e. The number of hydrogen-bond donors (Lipinski definition) is 4. The fourth-order valence-corrected chi connectivity index (χ4v) is 7.28. The van der Waals surface area contributed by atoms with Crippen molar-refractivity contribution in [2.75, 3.05) is 42.8 Å². The zero-order chi connectivity index (χ0) is 44.2. The second-order valence-electron chi connectivity index (χ2n) is 17.2. The third-order valence-electron chi connectivity index (χ3n) is 10.7. The van der Waals surface area contributed by atoms with Crippen LogP contribution in [0.1, 0.15) is 88.0 Å². The predicted octanol–water partition coefficient (Wildman–Crippen LogP) is 4.07. The number of hydrogen-bond acceptors (Lipinski definition) is 10. The molecule has 3 aromatic rings. The van der Waals surface area contributed by atoms with E-state index in [2.05, 4.69) is 36.2 Å². The molecule has 1 fully saturated rings. The average molecular weight is 826 g/mol. The summed E-state index contributed by atoms with van der Waals surface area (Å²) in [7, 11) is 4.87. The fraction of sp³-hybridized carbons (Fsp3) is 0.512. The predicted molar refractivity (Wildman–Crippen MR) is 229 cm³/mol. The molecule has 2 aliphatic rings. The Morgan fingerprint density at radius 2 is 1.68 bits per heavy atom. The smallest absolute Gasteiger partial charge is 0.330 e. The highest BCUT2D eigenvalue weighted by molar-refractivity contribution is 6.07. The van der Waals surface area contributed by atoms with E-state index in [-0.39, 0.29) is 35.9 Å². The van der Waals surface area contributed by atoms with Crippen molar-refractivity contribution < 1.29 is 28.8 Å². The summed E-state index contributed by atoms with van der Waals surface area (Å²) in [4.78, 5) is 101. The standard InChI is InChI=1S/C43H59N11O6/c1-24(2)19-31(38(57)51(9)10)47-40(59)43(7,8)50-37(56)32-13-12-18-53(32)39(58)34(25(3)4)48-36(55)28-16-14-26(5)33(20-28)54-23-29-21-45-41(49-35(29)52(11)42(54)60)46-30-17-15-27(6)44-22-30/h14-17,20-22,24-25,31-32,34H,12-13,18-19,23H2,1-11H3,(H,47,59)(H,48,55)(H,50,56)(H,45,46,49)/t31-,32?,34-/m0/s1. The first-order valence-electron chi connectivity index (χ1n) is 20.3. The molecule has 0 aliphatic carbocycles. The minimum atomic E-state index is -1.40. The maximum absolute atomic E-state index is 14.2. The van der Waals surface area contributed by atoms with Crippen LogP contribution in [0.25, 0.3) is 0 Å². The molecule has 60 heavy (non-hydrogen) atoms. The Morgan fingerprint density at radius 3 is 2.32 bits per heavy atom. The third-order valence-corrected chi connectivity index (χ3v) is 10.7. The van der Waals surface area contributed by atoms with Gasteiger partial charge < -0.3 is 31.1 Å². The number of rotatable bonds is 14. The Kier molecular flexibility index (Phi) is 13.8. The first-order chi connectivity index (χ1) is 28.2. The largest absolute Gasteiger partial charge is 0.347 e. The second kappa shape index (κ2) is 18.4. The molecule has 4 heterocycles. The van der Waals surface area contributed by atoms with E-state index in [4.69, 9.17) is 0 Å². The molecule has 322 valence electrons. The van der Waals surface area contributed by atoms with Crippen molar-refractivity contribution in [3.63, 3.8) is 0 Å². The van der Waals surface area contributed by atoms with Gasteiger partial charge in [-0.1, -0.05) is 33.8 Å². The van der Waals surface area contributed by atoms with E-state index in [0.29, 0.717) is 54.5 Å². The number of nitrogens with zero attached hydrogens (tertiary/aromatic N) is 7. The van der Waals surface area contributed by atoms with Gasteiger partial charge in [-0.05, 0) is 88.6 Å². The number of carbonyl (C=O) groups is 6. The van der Waals surface area contributed by atoms with Gasteiger partial charge in [-0.15, -0.1) is 0 Å². The van der Waals surface area contributed by atoms with Gasteiger partial charge in [0.1, 0.15) is 29.5 Å². The average Bonchev–Trinajstić information content (AvgIpc) is 3.69. The van der Waals surface area contributed by atoms with Crippen molar-refractivity contribution in [1.29, 1.82) is 0 Å². The molecule has 1 aromatic carbocycles. The lowest BCUT2D eigenvalue weighted by Crippen LogP contribution is -2.62. The van der Waals surface area contributed by atoms with Gasteiger partial charge in [0, 0.05) is 56.4 Å². The summed E-state index contributed by atoms with van der Waals surface area (Å²) >= 11 is 0. The van der Waals surface area contributed by atoms with Crippen LogP contribution in [0.2, 0.25) is 0 Å². The maximum atomic E-state index is 14.2. The van der Waals surface area contributed by atoms with Crippen molar-refractivity contribution in [2.45, 2.75) is 105 Å². The van der Waals surface area contributed by atoms with Crippen molar-refractivity contribution >= 4 is 58.7 Å². The lowest BCUT2D eigenvalue weighted by Gasteiger charge is -2.35. The Balaban J connectivity index is 1.28. The number of aryl methyl sites for hydroxylation is 2. The molecular weight excluding hydrogens is 767 g/mol. The normalized spacial score (nSPS) is 16.3. The number of likely N-dealkylation sites (tertiary alicyclic amines) is 1. The summed E-state index contributed by atoms with van der Waals surface area (Å²) in [6.45, 7) is 14.8. The quantitative estimate of drug-likeness (QED) is 0.184. The molecular formula is C43H59N11O6. The van der Waals surface area contributed by atoms with Crippen molar-refractivity contribution in [2.24, 2.45) is 11.8 Å². The fourth-order valence-electron chi connectivity index (χ4n) is 7.28. The molecule has 1 unspecified atom stereocenters. The summed E-state index contributed by atoms with van der Waals surface area (Å²) in [5, 5.41) is 11.6. The Labute approximate surface area is 352 Å². The molecule has 1 saturated heterocycles. The van der Waals surface area contributed by atoms with Gasteiger partial charge in [0.25, 0.3) is 5.91 Å². The van der Waals surface area contributed by atoms with E-state index in [0.717, 1.165) is 11.3 Å². The van der Waals surface area contributed by atoms with Gasteiger partial charge in [0.15, 0.2) is 0 Å². The van der Waals surface area contributed by atoms with Crippen LogP contribution in [0.3, 0.4) is 0 Å². The molecule has 2 aromatic heterocycles. The van der Waals surface area contributed by atoms with Gasteiger partial charge in [0.05, 0.1) is 18.4 Å². The van der Waals surface area contributed by atoms with Crippen LogP contribution >= 0.6 is 0 Å². The van der Waals surface area contributed by atoms with E-state index in [1.165, 1.54) is 14.7 Å². The van der Waals surface area contributed by atoms with E-state index in [9.17, 15) is 28.8 Å². The highest BCUT2D eigenvalue weighted by atomic mass is 16.2. The Hall–Kier alpha value is -6.13. The zero-order valence-electron chi connectivity index (χ0n) is 36.5. The van der Waals surface area contributed by atoms with Crippen LogP contribution in [0.4, 0.5) is 27.9 Å². The first-order valence-corrected chi connectivity index (χ1v) is 20.3. The number of aromatic nitrogens is 3. The number of amides is 7. The van der Waals surface area contributed by atoms with Gasteiger partial charge in [0.2, 0.25) is 29.6 Å². The van der Waals surface area contributed by atoms with Crippen LogP contribution in [0.15, 0.2) is 42.7 Å². The highest BCUT2D eigenvalue weighted by Crippen LogP contribution is 2.33. The van der Waals surface area contributed by atoms with Gasteiger partial charge in [-0.3, -0.25) is 38.8 Å². The third kappa shape index (κ3) is 10.2. The number of fused-ring (bicyclic) bond motifs is 1. The molecule has 4 N–H and O–H groups in total. The van der Waals surface area contributed by atoms with Crippen molar-refractivity contribution in [3.05, 3.63) is 65.1 Å². The zero-order valence-corrected chi connectivity index (χ0v) is 36.5. The number of benzene rings is 1. The summed E-state index contributed by atoms with van der Waals surface area (Å²) in [6.07, 6.45) is 4.69. The number of urea groups is 1. The van der Waals surface area contributed by atoms with Crippen molar-refractivity contribution in [3.8, 4) is 0 Å². The van der Waals surface area contributed by atoms with Gasteiger partial charge >= 0.3 is 6.03 Å². The molecule has 0 radical (unpaired) electrons. The minimum absolute atomic E-state index is 0.132. The Bertz CT molecular complexity index is 2120. The molecule has 0 saturated carbocycles. The molecule has 2 aliphatic heterocycles. The van der Waals surface area contributed by atoms with Gasteiger partial charge in [-0.25, -0.2) is 9.78 Å². The topological polar surface area (TPSA) is 202 Å². The first kappa shape index (κ1) is 45.0. The molecule has 0 bridgehead atoms. The Morgan fingerprint density at radius 1 is 0.967 bits per heavy atom. The highest BCUT2D eigenvalue weighted by Gasteiger charge is 2.42. The van der Waals surface area contributed by atoms with E-state index in [1.807, 2.05) is 53.7 Å². The number of likely N-dealkylation sites (N-methyl/N-ethyl adjacent to an activating group) is 1. The molecule has 5 rings (SSSR count). The molecule has 17 nitrogen and oxygen atoms in total. The molecule has 0 spiro atoms. The molecule has 17 heteroatoms. The molecule has 3 atom stereocenters. The van der Waals surface area contributed by atoms with Gasteiger partial charge in [-0.2, -0.15) is 4.98 Å². The summed E-state index contributed by atoms with van der Waals surface area (Å²) in [6, 6.07) is 5.78. The second-order valence-corrected chi connectivity index (χ2v) is 17.2. The number of carbonyl (C=O) groups excluding carboxylic acids is 6. The SMILES string of the molecule is Cc1ccc(Nc2ncc3c(n2)N(C)C(=O)N(c2cc(C(=O)N[C@H](C(=O)N4CCCC4C(=O)NC(C)(C)C(=O)N[C@@H](CC(C)C)C(=O)N(C)C)C(C)C)ccc2C)C3)cn1. The van der Waals surface area contributed by atoms with E-state index >= 15 is 0 Å². The van der Waals surface area contributed by atoms with Crippen LogP contribution in [-0.2, 0) is 25.7 Å². The lowest BCUT2D eigenvalue weighted by atomic mass is 9.98. The van der Waals surface area contributed by atoms with E-state index in [1.54, 1.807) is 70.5 Å². The summed E-state index contributed by atoms with van der Waals surface area (Å²) in [5.74, 6) is -1.66. The van der Waals surface area contributed by atoms with E-state index < -0.39 is 47.3 Å². The number of pyridine rings is 1. The summed E-state index contributed by atoms with van der Waals surface area (Å²) in [5.41, 5.74) is 2.38.